The molecule has 0 saturated carbocycles. The van der Waals surface area contributed by atoms with Crippen LogP contribution in [0, 0.1) is 17.0 Å². The van der Waals surface area contributed by atoms with E-state index < -0.39 is 22.8 Å². The average molecular weight is 514 g/mol. The number of nitro groups is 1. The molecule has 0 aliphatic carbocycles. The zero-order valence-electron chi connectivity index (χ0n) is 20.5. The van der Waals surface area contributed by atoms with Crippen LogP contribution in [0.5, 0.6) is 0 Å². The van der Waals surface area contributed by atoms with Crippen molar-refractivity contribution >= 4 is 40.6 Å². The van der Waals surface area contributed by atoms with Crippen LogP contribution in [0.4, 0.5) is 10.5 Å². The summed E-state index contributed by atoms with van der Waals surface area (Å²) in [6.45, 7) is 2.11. The molecule has 0 spiro atoms. The molecule has 5 rings (SSSR count). The Labute approximate surface area is 216 Å². The van der Waals surface area contributed by atoms with Crippen LogP contribution in [0.1, 0.15) is 33.1 Å². The topological polar surface area (TPSA) is 137 Å². The Morgan fingerprint density at radius 2 is 1.89 bits per heavy atom. The molecule has 1 aliphatic heterocycles. The summed E-state index contributed by atoms with van der Waals surface area (Å²) in [6, 6.07) is 16.3. The van der Waals surface area contributed by atoms with Crippen molar-refractivity contribution in [3.63, 3.8) is 0 Å². The lowest BCUT2D eigenvalue weighted by molar-refractivity contribution is -0.384. The lowest BCUT2D eigenvalue weighted by atomic mass is 10.1. The standard InChI is InChI=1S/C27H22N4O7/c1-16-21(13-22-25(32)30(27(34)28-22)15-19-10-11-24(38-19)26(33)37-2)20-8-3-4-9-23(20)29(16)14-17-6-5-7-18(12-17)31(35)36/h3-13H,14-15H2,1-2H3,(H,28,34)/b22-13-. The van der Waals surface area contributed by atoms with Gasteiger partial charge in [0.1, 0.15) is 11.5 Å². The number of nitrogens with zero attached hydrogens (tertiary/aromatic N) is 3. The van der Waals surface area contributed by atoms with Gasteiger partial charge < -0.3 is 19.0 Å². The Balaban J connectivity index is 1.46. The van der Waals surface area contributed by atoms with E-state index in [0.29, 0.717) is 6.54 Å². The van der Waals surface area contributed by atoms with Crippen LogP contribution in [-0.2, 0) is 22.6 Å². The minimum atomic E-state index is -0.661. The number of furan rings is 1. The van der Waals surface area contributed by atoms with E-state index in [0.717, 1.165) is 32.6 Å². The number of aromatic nitrogens is 1. The van der Waals surface area contributed by atoms with E-state index in [9.17, 15) is 24.5 Å². The summed E-state index contributed by atoms with van der Waals surface area (Å²) in [5.41, 5.74) is 3.29. The van der Waals surface area contributed by atoms with Crippen molar-refractivity contribution in [3.8, 4) is 0 Å². The van der Waals surface area contributed by atoms with Crippen molar-refractivity contribution in [2.75, 3.05) is 7.11 Å². The molecule has 3 amide bonds. The molecule has 192 valence electrons. The van der Waals surface area contributed by atoms with E-state index in [4.69, 9.17) is 4.42 Å². The van der Waals surface area contributed by atoms with Gasteiger partial charge in [-0.2, -0.15) is 0 Å². The molecule has 1 saturated heterocycles. The third-order valence-corrected chi connectivity index (χ3v) is 6.35. The van der Waals surface area contributed by atoms with Gasteiger partial charge in [0.25, 0.3) is 11.6 Å². The highest BCUT2D eigenvalue weighted by atomic mass is 16.6. The predicted molar refractivity (Wildman–Crippen MR) is 136 cm³/mol. The Bertz CT molecular complexity index is 1650. The van der Waals surface area contributed by atoms with Gasteiger partial charge in [-0.3, -0.25) is 19.8 Å². The lowest BCUT2D eigenvalue weighted by Crippen LogP contribution is -2.30. The minimum absolute atomic E-state index is 0.00794. The van der Waals surface area contributed by atoms with Crippen LogP contribution in [0.15, 0.2) is 70.8 Å². The molecule has 3 heterocycles. The third kappa shape index (κ3) is 4.41. The SMILES string of the molecule is COC(=O)c1ccc(CN2C(=O)N/C(=C\c3c(C)n(Cc4cccc([N+](=O)[O-])c4)c4ccccc34)C2=O)o1. The lowest BCUT2D eigenvalue weighted by Gasteiger charge is -2.09. The highest BCUT2D eigenvalue weighted by Gasteiger charge is 2.35. The second kappa shape index (κ2) is 9.69. The molecule has 0 bridgehead atoms. The van der Waals surface area contributed by atoms with Gasteiger partial charge in [-0.25, -0.2) is 9.59 Å². The highest BCUT2D eigenvalue weighted by molar-refractivity contribution is 6.14. The Morgan fingerprint density at radius 1 is 1.11 bits per heavy atom. The second-order valence-electron chi connectivity index (χ2n) is 8.67. The number of amides is 3. The first-order chi connectivity index (χ1) is 18.3. The zero-order valence-corrected chi connectivity index (χ0v) is 20.5. The largest absolute Gasteiger partial charge is 0.463 e. The van der Waals surface area contributed by atoms with Crippen LogP contribution in [0.3, 0.4) is 0 Å². The van der Waals surface area contributed by atoms with Crippen molar-refractivity contribution in [1.29, 1.82) is 0 Å². The number of non-ortho nitro benzene ring substituents is 1. The smallest absolute Gasteiger partial charge is 0.373 e. The summed E-state index contributed by atoms with van der Waals surface area (Å²) < 4.78 is 12.0. The first kappa shape index (κ1) is 24.5. The number of hydrogen-bond donors (Lipinski definition) is 1. The number of urea groups is 1. The molecule has 1 aliphatic rings. The van der Waals surface area contributed by atoms with Gasteiger partial charge in [-0.15, -0.1) is 0 Å². The number of nitrogens with one attached hydrogen (secondary N) is 1. The molecular formula is C27H22N4O7. The molecule has 2 aromatic carbocycles. The van der Waals surface area contributed by atoms with E-state index >= 15 is 0 Å². The molecule has 0 atom stereocenters. The third-order valence-electron chi connectivity index (χ3n) is 6.35. The number of methoxy groups -OCH3 is 1. The number of nitro benzene ring substituents is 1. The maximum Gasteiger partial charge on any atom is 0.373 e. The number of carbonyl (C=O) groups excluding carboxylic acids is 3. The van der Waals surface area contributed by atoms with Crippen molar-refractivity contribution in [1.82, 2.24) is 14.8 Å². The van der Waals surface area contributed by atoms with Gasteiger partial charge in [-0.1, -0.05) is 30.3 Å². The number of esters is 1. The molecule has 0 radical (unpaired) electrons. The molecule has 11 heteroatoms. The Hall–Kier alpha value is -5.19. The number of benzene rings is 2. The average Bonchev–Trinajstić information content (AvgIpc) is 3.57. The zero-order chi connectivity index (χ0) is 27.0. The monoisotopic (exact) mass is 514 g/mol. The highest BCUT2D eigenvalue weighted by Crippen LogP contribution is 2.30. The maximum absolute atomic E-state index is 13.1. The summed E-state index contributed by atoms with van der Waals surface area (Å²) in [4.78, 5) is 49.2. The summed E-state index contributed by atoms with van der Waals surface area (Å²) in [5, 5.41) is 14.7. The molecule has 1 fully saturated rings. The van der Waals surface area contributed by atoms with E-state index in [1.807, 2.05) is 41.8 Å². The Morgan fingerprint density at radius 3 is 2.66 bits per heavy atom. The van der Waals surface area contributed by atoms with Crippen LogP contribution in [-0.4, -0.2) is 39.4 Å². The molecule has 1 N–H and O–H groups in total. The van der Waals surface area contributed by atoms with E-state index in [1.54, 1.807) is 12.1 Å². The van der Waals surface area contributed by atoms with Crippen LogP contribution in [0.25, 0.3) is 17.0 Å². The molecule has 38 heavy (non-hydrogen) atoms. The number of carbonyl (C=O) groups is 3. The fourth-order valence-corrected chi connectivity index (χ4v) is 4.48. The van der Waals surface area contributed by atoms with Crippen molar-refractivity contribution in [3.05, 3.63) is 105 Å². The van der Waals surface area contributed by atoms with Crippen LogP contribution >= 0.6 is 0 Å². The van der Waals surface area contributed by atoms with Crippen molar-refractivity contribution in [2.45, 2.75) is 20.0 Å². The molecule has 4 aromatic rings. The van der Waals surface area contributed by atoms with Crippen LogP contribution < -0.4 is 5.32 Å². The minimum Gasteiger partial charge on any atom is -0.463 e. The second-order valence-corrected chi connectivity index (χ2v) is 8.67. The van der Waals surface area contributed by atoms with Gasteiger partial charge >= 0.3 is 12.0 Å². The van der Waals surface area contributed by atoms with E-state index in [-0.39, 0.29) is 29.4 Å². The van der Waals surface area contributed by atoms with Gasteiger partial charge in [-0.05, 0) is 36.8 Å². The molecule has 0 unspecified atom stereocenters. The Kier molecular flexibility index (Phi) is 6.25. The fraction of sp³-hybridized carbons (Fsp3) is 0.148. The number of rotatable bonds is 7. The number of ether oxygens (including phenoxy) is 1. The predicted octanol–water partition coefficient (Wildman–Crippen LogP) is 4.38. The first-order valence-electron chi connectivity index (χ1n) is 11.6. The fourth-order valence-electron chi connectivity index (χ4n) is 4.48. The van der Waals surface area contributed by atoms with E-state index in [1.165, 1.54) is 31.4 Å². The van der Waals surface area contributed by atoms with Gasteiger partial charge in [0, 0.05) is 40.8 Å². The van der Waals surface area contributed by atoms with Gasteiger partial charge in [0.15, 0.2) is 0 Å². The van der Waals surface area contributed by atoms with Crippen molar-refractivity contribution in [2.24, 2.45) is 0 Å². The number of para-hydroxylation sites is 1. The molecule has 2 aromatic heterocycles. The summed E-state index contributed by atoms with van der Waals surface area (Å²) in [5.74, 6) is -0.982. The summed E-state index contributed by atoms with van der Waals surface area (Å²) in [7, 11) is 1.22. The van der Waals surface area contributed by atoms with Gasteiger partial charge in [0.2, 0.25) is 5.76 Å². The summed E-state index contributed by atoms with van der Waals surface area (Å²) >= 11 is 0. The van der Waals surface area contributed by atoms with E-state index in [2.05, 4.69) is 10.1 Å². The van der Waals surface area contributed by atoms with Gasteiger partial charge in [0.05, 0.1) is 18.6 Å². The van der Waals surface area contributed by atoms with Crippen molar-refractivity contribution < 1.29 is 28.5 Å². The number of imide groups is 1. The number of fused-ring (bicyclic) bond motifs is 1. The summed E-state index contributed by atoms with van der Waals surface area (Å²) in [6.07, 6.45) is 1.63. The van der Waals surface area contributed by atoms with Crippen LogP contribution in [0.2, 0.25) is 0 Å². The molecule has 11 nitrogen and oxygen atoms in total. The number of hydrogen-bond acceptors (Lipinski definition) is 7. The maximum atomic E-state index is 13.1. The quantitative estimate of drug-likeness (QED) is 0.127. The molecular weight excluding hydrogens is 492 g/mol. The normalized spacial score (nSPS) is 14.4. The first-order valence-corrected chi connectivity index (χ1v) is 11.6.